The van der Waals surface area contributed by atoms with Gasteiger partial charge in [-0.25, -0.2) is 9.97 Å². The normalized spacial score (nSPS) is 15.2. The molecule has 0 saturated carbocycles. The fraction of sp³-hybridized carbons (Fsp3) is 0.357. The molecule has 40 heavy (non-hydrogen) atoms. The molecule has 4 heterocycles. The molecule has 0 bridgehead atoms. The number of halogens is 1. The Bertz CT molecular complexity index is 1600. The predicted octanol–water partition coefficient (Wildman–Crippen LogP) is 3.64. The van der Waals surface area contributed by atoms with Gasteiger partial charge in [0.05, 0.1) is 5.60 Å². The Morgan fingerprint density at radius 2 is 1.88 bits per heavy atom. The number of anilines is 1. The van der Waals surface area contributed by atoms with Crippen LogP contribution in [0.4, 0.5) is 5.82 Å². The first-order chi connectivity index (χ1) is 19.0. The van der Waals surface area contributed by atoms with E-state index in [1.165, 1.54) is 0 Å². The number of nitrogens with zero attached hydrogens (tertiary/aromatic N) is 7. The second-order valence-corrected chi connectivity index (χ2v) is 11.2. The van der Waals surface area contributed by atoms with Crippen LogP contribution in [0.5, 0.6) is 6.01 Å². The second kappa shape index (κ2) is 10.4. The van der Waals surface area contributed by atoms with Crippen molar-refractivity contribution in [1.29, 1.82) is 5.26 Å². The maximum atomic E-state index is 12.1. The van der Waals surface area contributed by atoms with Crippen molar-refractivity contribution in [3.63, 3.8) is 0 Å². The number of ether oxygens (including phenoxy) is 1. The van der Waals surface area contributed by atoms with E-state index in [9.17, 15) is 15.2 Å². The Hall–Kier alpha value is -4.27. The maximum Gasteiger partial charge on any atom is 0.320 e. The van der Waals surface area contributed by atoms with Gasteiger partial charge in [0.25, 0.3) is 0 Å². The third kappa shape index (κ3) is 5.41. The summed E-state index contributed by atoms with van der Waals surface area (Å²) in [5.41, 5.74) is 6.65. The molecule has 0 unspecified atom stereocenters. The Balaban J connectivity index is 1.72. The van der Waals surface area contributed by atoms with Crippen molar-refractivity contribution in [2.75, 3.05) is 24.6 Å². The number of carbonyl (C=O) groups is 1. The average molecular weight is 561 g/mol. The Morgan fingerprint density at radius 3 is 2.45 bits per heavy atom. The summed E-state index contributed by atoms with van der Waals surface area (Å²) in [6, 6.07) is 12.8. The Morgan fingerprint density at radius 1 is 1.18 bits per heavy atom. The molecule has 12 heteroatoms. The molecule has 1 aliphatic heterocycles. The Kier molecular flexibility index (Phi) is 7.08. The van der Waals surface area contributed by atoms with Gasteiger partial charge in [0, 0.05) is 41.0 Å². The molecule has 5 rings (SSSR count). The highest BCUT2D eigenvalue weighted by molar-refractivity contribution is 6.30. The third-order valence-corrected chi connectivity index (χ3v) is 7.26. The molecule has 1 aromatic carbocycles. The van der Waals surface area contributed by atoms with Gasteiger partial charge in [0.15, 0.2) is 17.0 Å². The quantitative estimate of drug-likeness (QED) is 0.344. The van der Waals surface area contributed by atoms with Crippen molar-refractivity contribution in [1.82, 2.24) is 24.5 Å². The van der Waals surface area contributed by atoms with Crippen molar-refractivity contribution in [2.45, 2.75) is 39.2 Å². The second-order valence-electron chi connectivity index (χ2n) is 10.8. The number of piperidine rings is 1. The number of pyridine rings is 1. The highest BCUT2D eigenvalue weighted by atomic mass is 35.5. The average Bonchev–Trinajstić information content (AvgIpc) is 3.31. The molecule has 0 aliphatic carbocycles. The van der Waals surface area contributed by atoms with Gasteiger partial charge >= 0.3 is 6.01 Å². The van der Waals surface area contributed by atoms with E-state index in [4.69, 9.17) is 37.0 Å². The topological polar surface area (TPSA) is 156 Å². The van der Waals surface area contributed by atoms with Crippen molar-refractivity contribution >= 4 is 34.5 Å². The summed E-state index contributed by atoms with van der Waals surface area (Å²) >= 11 is 6.19. The van der Waals surface area contributed by atoms with Gasteiger partial charge in [0.1, 0.15) is 24.2 Å². The summed E-state index contributed by atoms with van der Waals surface area (Å²) in [5, 5.41) is 20.1. The van der Waals surface area contributed by atoms with E-state index >= 15 is 0 Å². The summed E-state index contributed by atoms with van der Waals surface area (Å²) in [5.74, 6) is 0.748. The first-order valence-corrected chi connectivity index (χ1v) is 13.2. The molecule has 1 saturated heterocycles. The molecule has 1 fully saturated rings. The van der Waals surface area contributed by atoms with Crippen LogP contribution < -0.4 is 15.4 Å². The van der Waals surface area contributed by atoms with Gasteiger partial charge in [0.2, 0.25) is 5.91 Å². The number of nitrogens with two attached hydrogens (primary N) is 1. The number of fused-ring (bicyclic) bond motifs is 1. The minimum absolute atomic E-state index is 0.0286. The minimum atomic E-state index is -1.11. The van der Waals surface area contributed by atoms with Gasteiger partial charge in [-0.15, -0.1) is 0 Å². The van der Waals surface area contributed by atoms with Gasteiger partial charge in [-0.2, -0.15) is 15.2 Å². The molecular weight excluding hydrogens is 532 g/mol. The molecule has 4 aromatic rings. The number of amides is 1. The molecule has 11 nitrogen and oxygen atoms in total. The van der Waals surface area contributed by atoms with Gasteiger partial charge < -0.3 is 20.5 Å². The highest BCUT2D eigenvalue weighted by Gasteiger charge is 2.37. The first-order valence-electron chi connectivity index (χ1n) is 12.8. The zero-order valence-corrected chi connectivity index (χ0v) is 23.2. The number of nitriles is 1. The summed E-state index contributed by atoms with van der Waals surface area (Å²) in [6.45, 7) is 6.17. The monoisotopic (exact) mass is 560 g/mol. The van der Waals surface area contributed by atoms with Crippen molar-refractivity contribution in [3.05, 3.63) is 53.3 Å². The molecule has 206 valence electrons. The van der Waals surface area contributed by atoms with Crippen LogP contribution >= 0.6 is 11.6 Å². The number of hydrogen-bond donors (Lipinski definition) is 2. The van der Waals surface area contributed by atoms with Crippen LogP contribution in [-0.2, 0) is 4.79 Å². The molecule has 3 N–H and O–H groups in total. The third-order valence-electron chi connectivity index (χ3n) is 7.00. The zero-order chi connectivity index (χ0) is 28.7. The lowest BCUT2D eigenvalue weighted by atomic mass is 9.80. The van der Waals surface area contributed by atoms with E-state index in [1.54, 1.807) is 44.3 Å². The number of primary amides is 1. The number of aromatic nitrogens is 5. The fourth-order valence-electron chi connectivity index (χ4n) is 4.53. The van der Waals surface area contributed by atoms with E-state index < -0.39 is 11.0 Å². The summed E-state index contributed by atoms with van der Waals surface area (Å²) in [4.78, 5) is 32.8. The number of benzene rings is 1. The number of carbonyl (C=O) groups excluding carboxylic acids is 1. The largest absolute Gasteiger partial charge is 0.460 e. The summed E-state index contributed by atoms with van der Waals surface area (Å²) in [6.07, 6.45) is 2.69. The smallest absolute Gasteiger partial charge is 0.320 e. The van der Waals surface area contributed by atoms with Crippen molar-refractivity contribution < 1.29 is 14.6 Å². The molecule has 1 amide bonds. The number of rotatable bonds is 7. The van der Waals surface area contributed by atoms with Crippen LogP contribution in [0.25, 0.3) is 28.2 Å². The number of hydrogen-bond acceptors (Lipinski definition) is 9. The van der Waals surface area contributed by atoms with Gasteiger partial charge in [-0.05, 0) is 63.1 Å². The van der Waals surface area contributed by atoms with E-state index in [0.29, 0.717) is 59.3 Å². The number of imidazole rings is 1. The minimum Gasteiger partial charge on any atom is -0.460 e. The maximum absolute atomic E-state index is 12.1. The lowest BCUT2D eigenvalue weighted by Crippen LogP contribution is -2.45. The van der Waals surface area contributed by atoms with Crippen LogP contribution in [0.15, 0.2) is 42.6 Å². The van der Waals surface area contributed by atoms with Crippen LogP contribution in [0.2, 0.25) is 5.02 Å². The standard InChI is InChI=1S/C28H29ClN8O3/c1-27(2,39)16-40-26-34-23(36-12-10-28(3,11-13-36)25(31)38)21-24(35-26)37(20-8-5-18(29)6-9-20)22(33-21)17-4-7-19(14-30)32-15-17/h4-9,15,39H,10-13,16H2,1-3H3,(H2,31,38). The van der Waals surface area contributed by atoms with Gasteiger partial charge in [-0.1, -0.05) is 18.5 Å². The summed E-state index contributed by atoms with van der Waals surface area (Å²) in [7, 11) is 0. The van der Waals surface area contributed by atoms with Crippen molar-refractivity contribution in [2.24, 2.45) is 11.1 Å². The lowest BCUT2D eigenvalue weighted by molar-refractivity contribution is -0.127. The zero-order valence-electron chi connectivity index (χ0n) is 22.4. The molecular formula is C28H29ClN8O3. The van der Waals surface area contributed by atoms with E-state index in [2.05, 4.69) is 4.98 Å². The van der Waals surface area contributed by atoms with Crippen LogP contribution in [0, 0.1) is 16.7 Å². The predicted molar refractivity (Wildman–Crippen MR) is 150 cm³/mol. The van der Waals surface area contributed by atoms with Crippen LogP contribution in [0.3, 0.4) is 0 Å². The molecule has 1 aliphatic rings. The Labute approximate surface area is 236 Å². The first kappa shape index (κ1) is 27.3. The van der Waals surface area contributed by atoms with Crippen LogP contribution in [-0.4, -0.2) is 60.8 Å². The molecule has 0 atom stereocenters. The molecule has 0 spiro atoms. The SMILES string of the molecule is CC(C)(O)COc1nc(N2CCC(C)(C(N)=O)CC2)c2nc(-c3ccc(C#N)nc3)n(-c3ccc(Cl)cc3)c2n1. The lowest BCUT2D eigenvalue weighted by Gasteiger charge is -2.37. The number of aliphatic hydroxyl groups is 1. The highest BCUT2D eigenvalue weighted by Crippen LogP contribution is 2.37. The van der Waals surface area contributed by atoms with Crippen LogP contribution in [0.1, 0.15) is 39.3 Å². The fourth-order valence-corrected chi connectivity index (χ4v) is 4.66. The van der Waals surface area contributed by atoms with Crippen molar-refractivity contribution in [3.8, 4) is 29.2 Å². The van der Waals surface area contributed by atoms with Gasteiger partial charge in [-0.3, -0.25) is 9.36 Å². The summed E-state index contributed by atoms with van der Waals surface area (Å²) < 4.78 is 7.72. The van der Waals surface area contributed by atoms with E-state index in [1.807, 2.05) is 34.6 Å². The van der Waals surface area contributed by atoms with E-state index in [-0.39, 0.29) is 24.2 Å². The van der Waals surface area contributed by atoms with E-state index in [0.717, 1.165) is 5.69 Å². The molecule has 3 aromatic heterocycles. The molecule has 0 radical (unpaired) electrons.